The third kappa shape index (κ3) is 4.08. The van der Waals surface area contributed by atoms with Crippen molar-refractivity contribution in [1.29, 1.82) is 0 Å². The lowest BCUT2D eigenvalue weighted by atomic mass is 9.83. The maximum absolute atomic E-state index is 13.5. The zero-order valence-electron chi connectivity index (χ0n) is 15.5. The zero-order valence-corrected chi connectivity index (χ0v) is 15.5. The molecule has 0 saturated carbocycles. The van der Waals surface area contributed by atoms with Gasteiger partial charge in [0, 0.05) is 6.08 Å². The van der Waals surface area contributed by atoms with Crippen LogP contribution in [0, 0.1) is 0 Å². The van der Waals surface area contributed by atoms with Gasteiger partial charge in [0.25, 0.3) is 0 Å². The highest BCUT2D eigenvalue weighted by Gasteiger charge is 2.99. The summed E-state index contributed by atoms with van der Waals surface area (Å²) in [7, 11) is 0. The van der Waals surface area contributed by atoms with E-state index in [9.17, 15) is 97.0 Å². The first-order chi connectivity index (χ1) is 15.2. The number of carbonyl (C=O) groups is 1. The number of esters is 1. The van der Waals surface area contributed by atoms with Crippen LogP contribution in [-0.2, 0) is 9.53 Å². The normalized spacial score (nSPS) is 16.1. The third-order valence-electron chi connectivity index (χ3n) is 3.95. The molecule has 0 aromatic rings. The molecule has 36 heavy (non-hydrogen) atoms. The molecule has 0 N–H and O–H groups in total. The summed E-state index contributed by atoms with van der Waals surface area (Å²) in [6, 6.07) is 0. The zero-order chi connectivity index (χ0) is 30.0. The fraction of sp³-hybridized carbons (Fsp3) is 0.769. The van der Waals surface area contributed by atoms with Crippen molar-refractivity contribution in [1.82, 2.24) is 0 Å². The fourth-order valence-electron chi connectivity index (χ4n) is 1.94. The average molecular weight is 590 g/mol. The Balaban J connectivity index is 7.21. The number of alkyl halides is 21. The highest BCUT2D eigenvalue weighted by molar-refractivity contribution is 5.81. The number of carbonyl (C=O) groups excluding carboxylic acids is 1. The standard InChI is InChI=1S/C13H3F21O2/c1-2-3(35)36-13(33,34)10(25,26)9(23,24)8(21,22)7(19,20)6(17,18)5(15,16)4(14,11(27,28)29)12(30,31)32/h2H,1H2. The number of ether oxygens (including phenoxy) is 1. The highest BCUT2D eigenvalue weighted by Crippen LogP contribution is 2.67. The van der Waals surface area contributed by atoms with Crippen LogP contribution < -0.4 is 0 Å². The van der Waals surface area contributed by atoms with Gasteiger partial charge in [0.15, 0.2) is 0 Å². The van der Waals surface area contributed by atoms with E-state index in [0.29, 0.717) is 0 Å². The van der Waals surface area contributed by atoms with E-state index < -0.39 is 71.7 Å². The molecule has 0 aliphatic rings. The van der Waals surface area contributed by atoms with Gasteiger partial charge in [-0.15, -0.1) is 0 Å². The van der Waals surface area contributed by atoms with Gasteiger partial charge in [0.1, 0.15) is 0 Å². The van der Waals surface area contributed by atoms with Gasteiger partial charge in [0.05, 0.1) is 0 Å². The minimum Gasteiger partial charge on any atom is -0.393 e. The summed E-state index contributed by atoms with van der Waals surface area (Å²) in [6.07, 6.45) is -25.0. The predicted molar refractivity (Wildman–Crippen MR) is 66.9 cm³/mol. The second kappa shape index (κ2) is 8.38. The SMILES string of the molecule is C=CC(=O)OC(F)(F)C(F)(F)C(F)(F)C(F)(F)C(F)(F)C(F)(F)C(F)(F)C(F)(C(F)(F)F)C(F)(F)F. The molecule has 0 heterocycles. The molecule has 0 radical (unpaired) electrons. The summed E-state index contributed by atoms with van der Waals surface area (Å²) in [5, 5.41) is 0. The Morgan fingerprint density at radius 2 is 0.722 bits per heavy atom. The van der Waals surface area contributed by atoms with E-state index in [1.807, 2.05) is 0 Å². The van der Waals surface area contributed by atoms with Gasteiger partial charge in [-0.1, -0.05) is 6.58 Å². The van der Waals surface area contributed by atoms with Gasteiger partial charge in [0.2, 0.25) is 0 Å². The monoisotopic (exact) mass is 590 g/mol. The van der Waals surface area contributed by atoms with E-state index in [-0.39, 0.29) is 0 Å². The first-order valence-corrected chi connectivity index (χ1v) is 7.53. The molecule has 0 aliphatic heterocycles. The molecule has 0 amide bonds. The van der Waals surface area contributed by atoms with Gasteiger partial charge in [-0.25, -0.2) is 9.18 Å². The summed E-state index contributed by atoms with van der Waals surface area (Å²) < 4.78 is 276. The molecule has 23 heteroatoms. The Hall–Kier alpha value is -2.26. The van der Waals surface area contributed by atoms with Crippen molar-refractivity contribution in [3.05, 3.63) is 12.7 Å². The summed E-state index contributed by atoms with van der Waals surface area (Å²) in [4.78, 5) is 10.4. The van der Waals surface area contributed by atoms with Gasteiger partial charge in [-0.3, -0.25) is 0 Å². The Morgan fingerprint density at radius 1 is 0.472 bits per heavy atom. The Morgan fingerprint density at radius 3 is 0.972 bits per heavy atom. The molecule has 0 atom stereocenters. The van der Waals surface area contributed by atoms with E-state index in [0.717, 1.165) is 0 Å². The topological polar surface area (TPSA) is 26.3 Å². The molecular formula is C13H3F21O2. The van der Waals surface area contributed by atoms with Crippen molar-refractivity contribution >= 4 is 5.97 Å². The van der Waals surface area contributed by atoms with Crippen LogP contribution in [0.4, 0.5) is 92.2 Å². The third-order valence-corrected chi connectivity index (χ3v) is 3.95. The van der Waals surface area contributed by atoms with Crippen LogP contribution in [0.1, 0.15) is 0 Å². The molecule has 0 bridgehead atoms. The molecule has 0 aliphatic carbocycles. The van der Waals surface area contributed by atoms with Crippen LogP contribution in [0.2, 0.25) is 0 Å². The van der Waals surface area contributed by atoms with Crippen LogP contribution in [0.5, 0.6) is 0 Å². The molecule has 2 nitrogen and oxygen atoms in total. The van der Waals surface area contributed by atoms with Crippen molar-refractivity contribution < 1.29 is 102 Å². The molecule has 0 fully saturated rings. The van der Waals surface area contributed by atoms with E-state index in [2.05, 4.69) is 11.3 Å². The van der Waals surface area contributed by atoms with Gasteiger partial charge >= 0.3 is 65.6 Å². The maximum Gasteiger partial charge on any atom is 0.473 e. The molecule has 0 aromatic carbocycles. The number of halogens is 21. The Bertz CT molecular complexity index is 833. The van der Waals surface area contributed by atoms with E-state index in [1.165, 1.54) is 0 Å². The van der Waals surface area contributed by atoms with Crippen LogP contribution in [0.15, 0.2) is 12.7 Å². The van der Waals surface area contributed by atoms with Gasteiger partial charge in [-0.2, -0.15) is 87.8 Å². The van der Waals surface area contributed by atoms with Crippen molar-refractivity contribution in [3.63, 3.8) is 0 Å². The predicted octanol–water partition coefficient (Wildman–Crippen LogP) is 6.95. The summed E-state index contributed by atoms with van der Waals surface area (Å²) in [5.74, 6) is -57.3. The van der Waals surface area contributed by atoms with Gasteiger partial charge < -0.3 is 4.74 Å². The molecule has 0 rings (SSSR count). The molecule has 0 unspecified atom stereocenters. The average Bonchev–Trinajstić information content (AvgIpc) is 2.63. The largest absolute Gasteiger partial charge is 0.473 e. The maximum atomic E-state index is 13.5. The van der Waals surface area contributed by atoms with Crippen LogP contribution in [0.3, 0.4) is 0 Å². The minimum atomic E-state index is -9.35. The second-order valence-corrected chi connectivity index (χ2v) is 6.24. The Kier molecular flexibility index (Phi) is 7.85. The lowest BCUT2D eigenvalue weighted by Crippen LogP contribution is -2.78. The molecule has 0 aromatic heterocycles. The van der Waals surface area contributed by atoms with Crippen molar-refractivity contribution in [2.24, 2.45) is 0 Å². The van der Waals surface area contributed by atoms with Crippen LogP contribution in [0.25, 0.3) is 0 Å². The lowest BCUT2D eigenvalue weighted by Gasteiger charge is -2.45. The number of hydrogen-bond acceptors (Lipinski definition) is 2. The van der Waals surface area contributed by atoms with E-state index >= 15 is 0 Å². The molecule has 0 spiro atoms. The van der Waals surface area contributed by atoms with Crippen LogP contribution >= 0.6 is 0 Å². The minimum absolute atomic E-state index is 0.599. The van der Waals surface area contributed by atoms with Crippen molar-refractivity contribution in [2.45, 2.75) is 59.7 Å². The summed E-state index contributed by atoms with van der Waals surface area (Å²) in [6.45, 7) is 2.19. The van der Waals surface area contributed by atoms with E-state index in [4.69, 9.17) is 0 Å². The van der Waals surface area contributed by atoms with Crippen molar-refractivity contribution in [2.75, 3.05) is 0 Å². The summed E-state index contributed by atoms with van der Waals surface area (Å²) in [5.41, 5.74) is -8.95. The first kappa shape index (κ1) is 33.7. The fourth-order valence-corrected chi connectivity index (χ4v) is 1.94. The molecule has 214 valence electrons. The molecular weight excluding hydrogens is 587 g/mol. The Labute approximate surface area is 181 Å². The quantitative estimate of drug-likeness (QED) is 0.165. The van der Waals surface area contributed by atoms with Crippen molar-refractivity contribution in [3.8, 4) is 0 Å². The highest BCUT2D eigenvalue weighted by atomic mass is 19.4. The smallest absolute Gasteiger partial charge is 0.393 e. The summed E-state index contributed by atoms with van der Waals surface area (Å²) >= 11 is 0. The molecule has 0 saturated heterocycles. The number of hydrogen-bond donors (Lipinski definition) is 0. The second-order valence-electron chi connectivity index (χ2n) is 6.24. The van der Waals surface area contributed by atoms with E-state index in [1.54, 1.807) is 0 Å². The van der Waals surface area contributed by atoms with Gasteiger partial charge in [-0.05, 0) is 0 Å². The lowest BCUT2D eigenvalue weighted by molar-refractivity contribution is -0.484. The first-order valence-electron chi connectivity index (χ1n) is 7.53. The number of rotatable bonds is 9. The van der Waals surface area contributed by atoms with Crippen LogP contribution in [-0.4, -0.2) is 65.6 Å².